The lowest BCUT2D eigenvalue weighted by Gasteiger charge is -2.31. The maximum absolute atomic E-state index is 15.3. The number of hydrogen-bond donors (Lipinski definition) is 0. The van der Waals surface area contributed by atoms with Gasteiger partial charge in [0.15, 0.2) is 5.78 Å². The predicted molar refractivity (Wildman–Crippen MR) is 244 cm³/mol. The molecule has 60 heavy (non-hydrogen) atoms. The van der Waals surface area contributed by atoms with Crippen LogP contribution < -0.4 is 0 Å². The molecule has 280 valence electrons. The van der Waals surface area contributed by atoms with E-state index < -0.39 is 10.8 Å². The molecule has 4 aliphatic carbocycles. The van der Waals surface area contributed by atoms with E-state index in [1.165, 1.54) is 111 Å². The van der Waals surface area contributed by atoms with E-state index in [-0.39, 0.29) is 5.78 Å². The summed E-state index contributed by atoms with van der Waals surface area (Å²) in [6.45, 7) is 4.37. The molecule has 13 rings (SSSR count). The van der Waals surface area contributed by atoms with Gasteiger partial charge in [0.25, 0.3) is 0 Å². The largest absolute Gasteiger partial charge is 0.289 e. The van der Waals surface area contributed by atoms with Gasteiger partial charge in [0.1, 0.15) is 0 Å². The Balaban J connectivity index is 1.02. The lowest BCUT2D eigenvalue weighted by molar-refractivity contribution is 0.103. The molecule has 0 bridgehead atoms. The van der Waals surface area contributed by atoms with Gasteiger partial charge in [-0.2, -0.15) is 0 Å². The van der Waals surface area contributed by atoms with Crippen LogP contribution in [0.1, 0.15) is 71.6 Å². The van der Waals surface area contributed by atoms with Crippen LogP contribution in [0.4, 0.5) is 0 Å². The first-order chi connectivity index (χ1) is 29.5. The van der Waals surface area contributed by atoms with E-state index in [1.54, 1.807) is 0 Å². The highest BCUT2D eigenvalue weighted by Gasteiger charge is 2.53. The van der Waals surface area contributed by atoms with E-state index in [0.717, 1.165) is 0 Å². The summed E-state index contributed by atoms with van der Waals surface area (Å²) in [4.78, 5) is 15.3. The zero-order valence-electron chi connectivity index (χ0n) is 33.4. The van der Waals surface area contributed by atoms with Gasteiger partial charge in [-0.3, -0.25) is 4.79 Å². The Morgan fingerprint density at radius 2 is 0.667 bits per heavy atom. The number of hydrogen-bond acceptors (Lipinski definition) is 1. The zero-order valence-corrected chi connectivity index (χ0v) is 33.4. The minimum atomic E-state index is -0.581. The summed E-state index contributed by atoms with van der Waals surface area (Å²) < 4.78 is 0. The molecule has 1 nitrogen and oxygen atoms in total. The Morgan fingerprint density at radius 3 is 1.10 bits per heavy atom. The quantitative estimate of drug-likeness (QED) is 0.164. The van der Waals surface area contributed by atoms with Crippen molar-refractivity contribution in [2.45, 2.75) is 24.7 Å². The third-order valence-electron chi connectivity index (χ3n) is 14.3. The summed E-state index contributed by atoms with van der Waals surface area (Å²) in [6.07, 6.45) is 0. The summed E-state index contributed by atoms with van der Waals surface area (Å²) in [5, 5.41) is 0. The number of carbonyl (C=O) groups is 1. The number of benzene rings is 9. The highest BCUT2D eigenvalue weighted by molar-refractivity contribution is 6.11. The van der Waals surface area contributed by atoms with Crippen molar-refractivity contribution < 1.29 is 4.79 Å². The molecule has 0 amide bonds. The predicted octanol–water partition coefficient (Wildman–Crippen LogP) is 13.9. The second kappa shape index (κ2) is 11.9. The maximum atomic E-state index is 15.3. The monoisotopic (exact) mass is 762 g/mol. The molecule has 0 radical (unpaired) electrons. The van der Waals surface area contributed by atoms with Crippen LogP contribution in [0.25, 0.3) is 55.6 Å². The van der Waals surface area contributed by atoms with Crippen LogP contribution in [0.3, 0.4) is 0 Å². The maximum Gasteiger partial charge on any atom is 0.193 e. The molecular formula is C59H38O. The minimum absolute atomic E-state index is 0.0352. The average molecular weight is 763 g/mol. The fourth-order valence-corrected chi connectivity index (χ4v) is 11.9. The molecule has 0 aromatic heterocycles. The first-order valence-corrected chi connectivity index (χ1v) is 21.0. The van der Waals surface area contributed by atoms with Crippen LogP contribution >= 0.6 is 0 Å². The Labute approximate surface area is 350 Å². The van der Waals surface area contributed by atoms with E-state index in [1.807, 2.05) is 0 Å². The Bertz CT molecular complexity index is 3300. The highest BCUT2D eigenvalue weighted by atomic mass is 16.1. The molecule has 1 atom stereocenters. The molecule has 0 saturated heterocycles. The molecule has 9 aromatic carbocycles. The van der Waals surface area contributed by atoms with Gasteiger partial charge < -0.3 is 0 Å². The second-order valence-corrected chi connectivity index (χ2v) is 17.2. The van der Waals surface area contributed by atoms with Crippen molar-refractivity contribution in [1.82, 2.24) is 0 Å². The lowest BCUT2D eigenvalue weighted by atomic mass is 9.69. The minimum Gasteiger partial charge on any atom is -0.289 e. The molecule has 1 unspecified atom stereocenters. The smallest absolute Gasteiger partial charge is 0.193 e. The Hall–Kier alpha value is -7.35. The van der Waals surface area contributed by atoms with Crippen molar-refractivity contribution in [3.05, 3.63) is 261 Å². The van der Waals surface area contributed by atoms with Gasteiger partial charge in [0, 0.05) is 11.1 Å². The van der Waals surface area contributed by atoms with E-state index in [4.69, 9.17) is 0 Å². The van der Waals surface area contributed by atoms with Crippen LogP contribution in [0.15, 0.2) is 194 Å². The molecule has 0 aliphatic heterocycles. The zero-order chi connectivity index (χ0) is 39.9. The van der Waals surface area contributed by atoms with Crippen molar-refractivity contribution in [2.75, 3.05) is 0 Å². The molecule has 0 saturated carbocycles. The van der Waals surface area contributed by atoms with Crippen LogP contribution in [-0.4, -0.2) is 5.78 Å². The summed E-state index contributed by atoms with van der Waals surface area (Å²) in [7, 11) is 0. The van der Waals surface area contributed by atoms with Crippen molar-refractivity contribution >= 4 is 5.78 Å². The van der Waals surface area contributed by atoms with Crippen LogP contribution in [-0.2, 0) is 10.8 Å². The van der Waals surface area contributed by atoms with Crippen molar-refractivity contribution in [1.29, 1.82) is 0 Å². The molecule has 1 heteroatoms. The summed E-state index contributed by atoms with van der Waals surface area (Å²) in [5.41, 5.74) is 25.1. The van der Waals surface area contributed by atoms with Gasteiger partial charge in [-0.15, -0.1) is 0 Å². The number of aryl methyl sites for hydroxylation is 2. The topological polar surface area (TPSA) is 17.1 Å². The van der Waals surface area contributed by atoms with E-state index in [0.29, 0.717) is 11.1 Å². The van der Waals surface area contributed by atoms with E-state index in [9.17, 15) is 0 Å². The summed E-state index contributed by atoms with van der Waals surface area (Å²) in [5.74, 6) is 0.0352. The molecule has 0 heterocycles. The number of fused-ring (bicyclic) bond motifs is 20. The average Bonchev–Trinajstić information content (AvgIpc) is 3.98. The van der Waals surface area contributed by atoms with Crippen molar-refractivity contribution in [2.24, 2.45) is 0 Å². The first kappa shape index (κ1) is 33.6. The van der Waals surface area contributed by atoms with Crippen LogP contribution in [0, 0.1) is 13.8 Å². The standard InChI is InChI=1S/C59H38O/c1-35-23-24-36(2)48(31-35)37-25-28-45-43-16-6-11-21-52(43)59(54(45)32-37)53-22-12-7-17-44(53)47-30-27-39(34-56(47)59)57(60)38-26-29-46-42-15-5-10-20-51(42)58(55(46)33-38)49-18-8-3-13-40(49)41-14-4-9-19-50(41)58/h3-34H,1-2H3. The first-order valence-electron chi connectivity index (χ1n) is 21.0. The van der Waals surface area contributed by atoms with E-state index in [2.05, 4.69) is 208 Å². The van der Waals surface area contributed by atoms with Gasteiger partial charge in [0.2, 0.25) is 0 Å². The number of rotatable bonds is 3. The molecule has 9 aromatic rings. The lowest BCUT2D eigenvalue weighted by Crippen LogP contribution is -2.26. The molecule has 2 spiro atoms. The summed E-state index contributed by atoms with van der Waals surface area (Å²) >= 11 is 0. The van der Waals surface area contributed by atoms with Crippen LogP contribution in [0.5, 0.6) is 0 Å². The second-order valence-electron chi connectivity index (χ2n) is 17.2. The highest BCUT2D eigenvalue weighted by Crippen LogP contribution is 2.65. The van der Waals surface area contributed by atoms with Gasteiger partial charge in [-0.1, -0.05) is 181 Å². The molecule has 4 aliphatic rings. The van der Waals surface area contributed by atoms with Gasteiger partial charge in [0.05, 0.1) is 10.8 Å². The summed E-state index contributed by atoms with van der Waals surface area (Å²) in [6, 6.07) is 71.0. The molecule has 0 N–H and O–H groups in total. The normalized spacial score (nSPS) is 16.1. The molecule has 0 fully saturated rings. The van der Waals surface area contributed by atoms with Gasteiger partial charge in [-0.05, 0) is 138 Å². The third kappa shape index (κ3) is 4.05. The number of carbonyl (C=O) groups excluding carboxylic acids is 1. The van der Waals surface area contributed by atoms with Gasteiger partial charge >= 0.3 is 0 Å². The SMILES string of the molecule is Cc1ccc(C)c(-c2ccc3c(c2)C2(c4ccccc4-c4ccc(C(=O)c5ccc6c(c5)C5(c7ccccc7-c7ccccc75)c5ccccc5-6)cc42)c2ccccc2-3)c1. The Kier molecular flexibility index (Phi) is 6.65. The van der Waals surface area contributed by atoms with Crippen LogP contribution in [0.2, 0.25) is 0 Å². The van der Waals surface area contributed by atoms with Crippen molar-refractivity contribution in [3.8, 4) is 55.6 Å². The van der Waals surface area contributed by atoms with Crippen molar-refractivity contribution in [3.63, 3.8) is 0 Å². The van der Waals surface area contributed by atoms with Gasteiger partial charge in [-0.25, -0.2) is 0 Å². The fourth-order valence-electron chi connectivity index (χ4n) is 11.9. The fraction of sp³-hybridized carbons (Fsp3) is 0.0678. The third-order valence-corrected chi connectivity index (χ3v) is 14.3. The number of ketones is 1. The van der Waals surface area contributed by atoms with E-state index >= 15 is 4.79 Å². The Morgan fingerprint density at radius 1 is 0.317 bits per heavy atom. The molecular weight excluding hydrogens is 725 g/mol.